The highest BCUT2D eigenvalue weighted by Crippen LogP contribution is 2.51. The molecular weight excluding hydrogens is 564 g/mol. The van der Waals surface area contributed by atoms with Gasteiger partial charge in [-0.1, -0.05) is 30.3 Å². The number of fused-ring (bicyclic) bond motifs is 2. The highest BCUT2D eigenvalue weighted by molar-refractivity contribution is 8.01. The van der Waals surface area contributed by atoms with Crippen LogP contribution in [0.15, 0.2) is 30.3 Å². The first kappa shape index (κ1) is 28.4. The number of hydrogen-bond acceptors (Lipinski definition) is 11. The van der Waals surface area contributed by atoms with Gasteiger partial charge in [0.15, 0.2) is 15.2 Å². The molecule has 5 rings (SSSR count). The van der Waals surface area contributed by atoms with Crippen LogP contribution >= 0.6 is 11.8 Å². The smallest absolute Gasteiger partial charge is 0.333 e. The maximum Gasteiger partial charge on any atom is 0.333 e. The van der Waals surface area contributed by atoms with E-state index in [4.69, 9.17) is 15.2 Å². The number of esters is 2. The first-order valence-corrected chi connectivity index (χ1v) is 15.0. The molecule has 4 aliphatic rings. The number of carbonyl (C=O) groups is 5. The predicted molar refractivity (Wildman–Crippen MR) is 140 cm³/mol. The molecule has 3 N–H and O–H groups in total. The molecule has 0 radical (unpaired) electrons. The summed E-state index contributed by atoms with van der Waals surface area (Å²) < 4.78 is 34.7. The fraction of sp³-hybridized carbons (Fsp3) is 0.560. The molecule has 1 aromatic rings. The highest BCUT2D eigenvalue weighted by Gasteiger charge is 2.73. The zero-order valence-corrected chi connectivity index (χ0v) is 23.9. The van der Waals surface area contributed by atoms with Crippen molar-refractivity contribution < 1.29 is 41.9 Å². The number of thioether (sulfide) groups is 1. The molecule has 40 heavy (non-hydrogen) atoms. The average Bonchev–Trinajstić information content (AvgIpc) is 3.19. The van der Waals surface area contributed by atoms with Gasteiger partial charge in [-0.15, -0.1) is 11.8 Å². The summed E-state index contributed by atoms with van der Waals surface area (Å²) in [5.74, 6) is -3.53. The zero-order valence-electron chi connectivity index (χ0n) is 22.2. The van der Waals surface area contributed by atoms with Gasteiger partial charge in [0, 0.05) is 4.75 Å². The molecule has 0 spiro atoms. The van der Waals surface area contributed by atoms with Crippen molar-refractivity contribution in [3.63, 3.8) is 0 Å². The van der Waals surface area contributed by atoms with Crippen molar-refractivity contribution in [2.45, 2.75) is 78.5 Å². The highest BCUT2D eigenvalue weighted by atomic mass is 32.2. The topological polar surface area (TPSA) is 182 Å². The van der Waals surface area contributed by atoms with Crippen LogP contribution in [0.5, 0.6) is 0 Å². The minimum Gasteiger partial charge on any atom is -0.426 e. The largest absolute Gasteiger partial charge is 0.426 e. The minimum atomic E-state index is -4.17. The Morgan fingerprint density at radius 3 is 2.25 bits per heavy atom. The first-order valence-electron chi connectivity index (χ1n) is 12.6. The number of ether oxygens (including phenoxy) is 2. The van der Waals surface area contributed by atoms with Crippen LogP contribution in [0, 0.1) is 0 Å². The Kier molecular flexibility index (Phi) is 6.70. The number of amides is 3. The van der Waals surface area contributed by atoms with Gasteiger partial charge in [0.1, 0.15) is 28.9 Å². The molecule has 0 aromatic heterocycles. The van der Waals surface area contributed by atoms with E-state index in [1.165, 1.54) is 30.5 Å². The summed E-state index contributed by atoms with van der Waals surface area (Å²) >= 11 is 1.48. The number of carbonyl (C=O) groups excluding carboxylic acids is 5. The fourth-order valence-corrected chi connectivity index (χ4v) is 9.57. The first-order chi connectivity index (χ1) is 18.6. The summed E-state index contributed by atoms with van der Waals surface area (Å²) in [6.45, 7) is 5.37. The third kappa shape index (κ3) is 4.08. The van der Waals surface area contributed by atoms with Gasteiger partial charge in [-0.05, 0) is 33.3 Å². The standard InChI is InChI=1S/C25H30N4O9S2/c1-24(2)17(28-13(30)10-14(28)39-24)22(33)37-11-38-23(34)18-25(3,4)40(35,36)21-16(20(32)29(18)21)27-19(31)15(26)12-8-6-5-7-9-12/h5-9,14-18,21H,10-11,26H2,1-4H3,(H,27,31). The third-order valence-electron chi connectivity index (χ3n) is 7.98. The predicted octanol–water partition coefficient (Wildman–Crippen LogP) is -0.589. The number of hydrogen-bond donors (Lipinski definition) is 2. The van der Waals surface area contributed by atoms with Crippen LogP contribution < -0.4 is 11.1 Å². The molecule has 1 aromatic carbocycles. The molecule has 0 saturated carbocycles. The Balaban J connectivity index is 1.24. The Labute approximate surface area is 235 Å². The normalized spacial score (nSPS) is 31.3. The number of β-lactam (4-membered cyclic amide) rings is 2. The zero-order chi connectivity index (χ0) is 29.4. The molecule has 0 aliphatic carbocycles. The summed E-state index contributed by atoms with van der Waals surface area (Å²) in [7, 11) is -4.17. The lowest BCUT2D eigenvalue weighted by Gasteiger charge is -2.43. The number of rotatable bonds is 7. The number of nitrogens with two attached hydrogens (primary N) is 1. The maximum atomic E-state index is 13.4. The molecule has 3 amide bonds. The summed E-state index contributed by atoms with van der Waals surface area (Å²) in [5.41, 5.74) is 6.46. The van der Waals surface area contributed by atoms with E-state index in [2.05, 4.69) is 5.32 Å². The van der Waals surface area contributed by atoms with Crippen molar-refractivity contribution in [1.82, 2.24) is 15.1 Å². The van der Waals surface area contributed by atoms with E-state index in [1.54, 1.807) is 30.3 Å². The van der Waals surface area contributed by atoms with Gasteiger partial charge in [-0.2, -0.15) is 0 Å². The van der Waals surface area contributed by atoms with Crippen LogP contribution in [-0.4, -0.2) is 93.0 Å². The quantitative estimate of drug-likeness (QED) is 0.234. The molecular formula is C25H30N4O9S2. The SMILES string of the molecule is CC1(C)SC2CC(=O)N2C1C(=O)OCOC(=O)C1N2C(=O)C(NC(=O)C(N)c3ccccc3)C2S(=O)(=O)C1(C)C. The lowest BCUT2D eigenvalue weighted by atomic mass is 9.95. The monoisotopic (exact) mass is 594 g/mol. The Morgan fingerprint density at radius 2 is 1.65 bits per heavy atom. The summed E-state index contributed by atoms with van der Waals surface area (Å²) in [5, 5.41) is 0.806. The van der Waals surface area contributed by atoms with E-state index < -0.39 is 79.4 Å². The molecule has 13 nitrogen and oxygen atoms in total. The fourth-order valence-electron chi connectivity index (χ4n) is 5.74. The molecule has 15 heteroatoms. The van der Waals surface area contributed by atoms with Gasteiger partial charge in [0.2, 0.25) is 24.5 Å². The van der Waals surface area contributed by atoms with Gasteiger partial charge < -0.3 is 30.3 Å². The lowest BCUT2D eigenvalue weighted by molar-refractivity contribution is -0.181. The molecule has 4 saturated heterocycles. The van der Waals surface area contributed by atoms with Gasteiger partial charge >= 0.3 is 11.9 Å². The minimum absolute atomic E-state index is 0.114. The van der Waals surface area contributed by atoms with Crippen molar-refractivity contribution in [2.75, 3.05) is 6.79 Å². The number of benzene rings is 1. The third-order valence-corrected chi connectivity index (χ3v) is 12.3. The van der Waals surface area contributed by atoms with E-state index in [0.29, 0.717) is 12.0 Å². The van der Waals surface area contributed by atoms with Crippen LogP contribution in [0.4, 0.5) is 0 Å². The van der Waals surface area contributed by atoms with Crippen molar-refractivity contribution in [3.05, 3.63) is 35.9 Å². The molecule has 6 atom stereocenters. The van der Waals surface area contributed by atoms with Crippen LogP contribution in [-0.2, 0) is 43.3 Å². The lowest BCUT2D eigenvalue weighted by Crippen LogP contribution is -2.72. The molecule has 0 bridgehead atoms. The van der Waals surface area contributed by atoms with Crippen LogP contribution in [0.3, 0.4) is 0 Å². The Hall–Kier alpha value is -3.17. The van der Waals surface area contributed by atoms with E-state index >= 15 is 0 Å². The maximum absolute atomic E-state index is 13.4. The second-order valence-electron chi connectivity index (χ2n) is 11.2. The second kappa shape index (κ2) is 9.45. The Morgan fingerprint density at radius 1 is 1.05 bits per heavy atom. The molecule has 216 valence electrons. The molecule has 4 fully saturated rings. The van der Waals surface area contributed by atoms with Gasteiger partial charge in [0.25, 0.3) is 0 Å². The van der Waals surface area contributed by atoms with Crippen LogP contribution in [0.25, 0.3) is 0 Å². The second-order valence-corrected chi connectivity index (χ2v) is 15.6. The van der Waals surface area contributed by atoms with Crippen molar-refractivity contribution >= 4 is 51.3 Å². The summed E-state index contributed by atoms with van der Waals surface area (Å²) in [6.07, 6.45) is 0.336. The number of nitrogens with one attached hydrogen (secondary N) is 1. The van der Waals surface area contributed by atoms with E-state index in [9.17, 15) is 32.4 Å². The van der Waals surface area contributed by atoms with Gasteiger partial charge in [-0.25, -0.2) is 18.0 Å². The molecule has 6 unspecified atom stereocenters. The van der Waals surface area contributed by atoms with Crippen molar-refractivity contribution in [2.24, 2.45) is 5.73 Å². The van der Waals surface area contributed by atoms with Crippen LogP contribution in [0.1, 0.15) is 45.7 Å². The van der Waals surface area contributed by atoms with E-state index in [1.807, 2.05) is 13.8 Å². The van der Waals surface area contributed by atoms with E-state index in [-0.39, 0.29) is 11.3 Å². The van der Waals surface area contributed by atoms with Crippen molar-refractivity contribution in [3.8, 4) is 0 Å². The van der Waals surface area contributed by atoms with Gasteiger partial charge in [-0.3, -0.25) is 14.4 Å². The van der Waals surface area contributed by atoms with E-state index in [0.717, 1.165) is 4.90 Å². The molecule has 4 heterocycles. The van der Waals surface area contributed by atoms with Crippen molar-refractivity contribution in [1.29, 1.82) is 0 Å². The Bertz CT molecular complexity index is 1400. The van der Waals surface area contributed by atoms with Gasteiger partial charge in [0.05, 0.1) is 11.8 Å². The summed E-state index contributed by atoms with van der Waals surface area (Å²) in [6, 6.07) is 3.40. The summed E-state index contributed by atoms with van der Waals surface area (Å²) in [4.78, 5) is 65.9. The molecule has 4 aliphatic heterocycles. The average molecular weight is 595 g/mol. The van der Waals surface area contributed by atoms with Crippen LogP contribution in [0.2, 0.25) is 0 Å². The number of sulfone groups is 1. The number of nitrogens with zero attached hydrogens (tertiary/aromatic N) is 2.